The van der Waals surface area contributed by atoms with Crippen molar-refractivity contribution in [1.29, 1.82) is 0 Å². The first-order valence-electron chi connectivity index (χ1n) is 6.07. The first-order chi connectivity index (χ1) is 9.08. The Hall–Kier alpha value is -0.940. The highest BCUT2D eigenvalue weighted by atomic mass is 79.9. The molecule has 3 nitrogen and oxygen atoms in total. The highest BCUT2D eigenvalue weighted by Gasteiger charge is 2.07. The van der Waals surface area contributed by atoms with Crippen molar-refractivity contribution in [3.8, 4) is 0 Å². The van der Waals surface area contributed by atoms with Crippen LogP contribution in [0.3, 0.4) is 0 Å². The highest BCUT2D eigenvalue weighted by molar-refractivity contribution is 9.10. The third-order valence-corrected chi connectivity index (χ3v) is 3.70. The van der Waals surface area contributed by atoms with Gasteiger partial charge in [0, 0.05) is 30.6 Å². The van der Waals surface area contributed by atoms with Gasteiger partial charge in [0.15, 0.2) is 0 Å². The monoisotopic (exact) mass is 383 g/mol. The summed E-state index contributed by atoms with van der Waals surface area (Å²) in [5, 5.41) is 0. The number of benzene rings is 1. The fourth-order valence-corrected chi connectivity index (χ4v) is 2.42. The number of hydrogen-bond acceptors (Lipinski definition) is 3. The predicted molar refractivity (Wildman–Crippen MR) is 85.4 cm³/mol. The van der Waals surface area contributed by atoms with Gasteiger partial charge in [0.1, 0.15) is 16.2 Å². The topological polar surface area (TPSA) is 29.0 Å². The van der Waals surface area contributed by atoms with E-state index in [9.17, 15) is 0 Å². The standard InChI is InChI=1S/C14H15Br2N3/c1-3-13-17-12(16)8-14(18-13)19(2)9-10-4-6-11(15)7-5-10/h4-8H,3,9H2,1-2H3. The predicted octanol–water partition coefficient (Wildman–Crippen LogP) is 4.20. The van der Waals surface area contributed by atoms with Crippen LogP contribution in [0.5, 0.6) is 0 Å². The average molecular weight is 385 g/mol. The van der Waals surface area contributed by atoms with Crippen molar-refractivity contribution in [2.24, 2.45) is 0 Å². The number of rotatable bonds is 4. The molecule has 0 aliphatic carbocycles. The van der Waals surface area contributed by atoms with Crippen molar-refractivity contribution in [3.05, 3.63) is 50.8 Å². The molecule has 0 spiro atoms. The zero-order valence-electron chi connectivity index (χ0n) is 10.9. The Bertz CT molecular complexity index is 555. The maximum absolute atomic E-state index is 4.54. The Morgan fingerprint density at radius 2 is 1.79 bits per heavy atom. The first kappa shape index (κ1) is 14.5. The molecule has 0 amide bonds. The van der Waals surface area contributed by atoms with Gasteiger partial charge in [-0.3, -0.25) is 0 Å². The molecule has 0 unspecified atom stereocenters. The van der Waals surface area contributed by atoms with Gasteiger partial charge in [-0.15, -0.1) is 0 Å². The lowest BCUT2D eigenvalue weighted by Crippen LogP contribution is -2.18. The molecule has 0 saturated carbocycles. The van der Waals surface area contributed by atoms with Crippen LogP contribution in [0.25, 0.3) is 0 Å². The van der Waals surface area contributed by atoms with Crippen LogP contribution in [0.2, 0.25) is 0 Å². The number of aryl methyl sites for hydroxylation is 1. The van der Waals surface area contributed by atoms with Crippen LogP contribution in [0.15, 0.2) is 39.4 Å². The van der Waals surface area contributed by atoms with Gasteiger partial charge in [-0.2, -0.15) is 0 Å². The summed E-state index contributed by atoms with van der Waals surface area (Å²) in [4.78, 5) is 11.0. The van der Waals surface area contributed by atoms with Crippen molar-refractivity contribution < 1.29 is 0 Å². The van der Waals surface area contributed by atoms with Gasteiger partial charge in [-0.1, -0.05) is 35.0 Å². The molecule has 1 aromatic heterocycles. The molecule has 0 bridgehead atoms. The molecular formula is C14H15Br2N3. The van der Waals surface area contributed by atoms with Crippen LogP contribution in [0.1, 0.15) is 18.3 Å². The van der Waals surface area contributed by atoms with Crippen LogP contribution in [-0.2, 0) is 13.0 Å². The minimum atomic E-state index is 0.819. The van der Waals surface area contributed by atoms with E-state index in [0.717, 1.165) is 33.7 Å². The van der Waals surface area contributed by atoms with Gasteiger partial charge in [0.05, 0.1) is 0 Å². The Morgan fingerprint density at radius 3 is 2.42 bits per heavy atom. The molecule has 100 valence electrons. The van der Waals surface area contributed by atoms with Gasteiger partial charge in [-0.25, -0.2) is 9.97 Å². The van der Waals surface area contributed by atoms with Gasteiger partial charge >= 0.3 is 0 Å². The average Bonchev–Trinajstić information content (AvgIpc) is 2.40. The number of aromatic nitrogens is 2. The van der Waals surface area contributed by atoms with Crippen LogP contribution in [0.4, 0.5) is 5.82 Å². The minimum absolute atomic E-state index is 0.819. The largest absolute Gasteiger partial charge is 0.355 e. The minimum Gasteiger partial charge on any atom is -0.355 e. The van der Waals surface area contributed by atoms with Crippen molar-refractivity contribution in [2.75, 3.05) is 11.9 Å². The summed E-state index contributed by atoms with van der Waals surface area (Å²) in [7, 11) is 2.04. The smallest absolute Gasteiger partial charge is 0.133 e. The molecule has 1 aromatic carbocycles. The highest BCUT2D eigenvalue weighted by Crippen LogP contribution is 2.18. The number of halogens is 2. The molecule has 2 rings (SSSR count). The van der Waals surface area contributed by atoms with E-state index in [-0.39, 0.29) is 0 Å². The fourth-order valence-electron chi connectivity index (χ4n) is 1.75. The fraction of sp³-hybridized carbons (Fsp3) is 0.286. The summed E-state index contributed by atoms with van der Waals surface area (Å²) in [6.45, 7) is 2.88. The Balaban J connectivity index is 2.17. The molecule has 0 fully saturated rings. The summed E-state index contributed by atoms with van der Waals surface area (Å²) in [5.41, 5.74) is 1.25. The third kappa shape index (κ3) is 4.01. The number of hydrogen-bond donors (Lipinski definition) is 0. The van der Waals surface area contributed by atoms with Gasteiger partial charge in [0.25, 0.3) is 0 Å². The molecule has 0 aliphatic heterocycles. The van der Waals surface area contributed by atoms with Crippen molar-refractivity contribution >= 4 is 37.7 Å². The molecule has 0 saturated heterocycles. The molecule has 0 atom stereocenters. The summed E-state index contributed by atoms with van der Waals surface area (Å²) in [5.74, 6) is 1.79. The van der Waals surface area contributed by atoms with E-state index in [0.29, 0.717) is 0 Å². The maximum atomic E-state index is 4.54. The van der Waals surface area contributed by atoms with E-state index in [1.54, 1.807) is 0 Å². The third-order valence-electron chi connectivity index (χ3n) is 2.77. The lowest BCUT2D eigenvalue weighted by Gasteiger charge is -2.19. The zero-order chi connectivity index (χ0) is 13.8. The molecule has 19 heavy (non-hydrogen) atoms. The number of anilines is 1. The summed E-state index contributed by atoms with van der Waals surface area (Å²) >= 11 is 6.88. The van der Waals surface area contributed by atoms with E-state index in [1.165, 1.54) is 5.56 Å². The van der Waals surface area contributed by atoms with Crippen LogP contribution >= 0.6 is 31.9 Å². The van der Waals surface area contributed by atoms with Crippen molar-refractivity contribution in [2.45, 2.75) is 19.9 Å². The quantitative estimate of drug-likeness (QED) is 0.739. The van der Waals surface area contributed by atoms with Crippen LogP contribution in [0, 0.1) is 0 Å². The second kappa shape index (κ2) is 6.48. The number of nitrogens with zero attached hydrogens (tertiary/aromatic N) is 3. The molecule has 0 N–H and O–H groups in total. The van der Waals surface area contributed by atoms with E-state index >= 15 is 0 Å². The Labute approximate surface area is 130 Å². The van der Waals surface area contributed by atoms with Crippen LogP contribution < -0.4 is 4.90 Å². The summed E-state index contributed by atoms with van der Waals surface area (Å²) < 4.78 is 1.92. The molecule has 0 radical (unpaired) electrons. The molecule has 0 aliphatic rings. The normalized spacial score (nSPS) is 10.5. The summed E-state index contributed by atoms with van der Waals surface area (Å²) in [6, 6.07) is 10.3. The van der Waals surface area contributed by atoms with Crippen LogP contribution in [-0.4, -0.2) is 17.0 Å². The van der Waals surface area contributed by atoms with Crippen molar-refractivity contribution in [1.82, 2.24) is 9.97 Å². The van der Waals surface area contributed by atoms with Gasteiger partial charge in [0.2, 0.25) is 0 Å². The first-order valence-corrected chi connectivity index (χ1v) is 7.66. The van der Waals surface area contributed by atoms with Gasteiger partial charge < -0.3 is 4.90 Å². The molecular weight excluding hydrogens is 370 g/mol. The second-order valence-electron chi connectivity index (χ2n) is 4.30. The van der Waals surface area contributed by atoms with E-state index in [1.807, 2.05) is 13.1 Å². The van der Waals surface area contributed by atoms with E-state index in [4.69, 9.17) is 0 Å². The lowest BCUT2D eigenvalue weighted by molar-refractivity contribution is 0.853. The van der Waals surface area contributed by atoms with E-state index in [2.05, 4.69) is 77.9 Å². The molecule has 5 heteroatoms. The summed E-state index contributed by atoms with van der Waals surface area (Å²) in [6.07, 6.45) is 0.832. The Kier molecular flexibility index (Phi) is 4.93. The second-order valence-corrected chi connectivity index (χ2v) is 6.03. The SMILES string of the molecule is CCc1nc(Br)cc(N(C)Cc2ccc(Br)cc2)n1. The van der Waals surface area contributed by atoms with E-state index < -0.39 is 0 Å². The molecule has 2 aromatic rings. The van der Waals surface area contributed by atoms with Crippen molar-refractivity contribution in [3.63, 3.8) is 0 Å². The Morgan fingerprint density at radius 1 is 1.11 bits per heavy atom. The molecule has 1 heterocycles. The lowest BCUT2D eigenvalue weighted by atomic mass is 10.2. The maximum Gasteiger partial charge on any atom is 0.133 e. The zero-order valence-corrected chi connectivity index (χ0v) is 14.1. The van der Waals surface area contributed by atoms with Gasteiger partial charge in [-0.05, 0) is 33.6 Å².